The molecule has 1 heterocycles. The highest BCUT2D eigenvalue weighted by molar-refractivity contribution is 7.97. The van der Waals surface area contributed by atoms with E-state index >= 15 is 0 Å². The van der Waals surface area contributed by atoms with E-state index in [-0.39, 0.29) is 5.69 Å². The lowest BCUT2D eigenvalue weighted by Crippen LogP contribution is -2.04. The lowest BCUT2D eigenvalue weighted by Gasteiger charge is -1.99. The predicted octanol–water partition coefficient (Wildman–Crippen LogP) is 1.22. The Balaban J connectivity index is 2.75. The highest BCUT2D eigenvalue weighted by atomic mass is 32.2. The number of terminal acetylenes is 1. The zero-order chi connectivity index (χ0) is 10.4. The van der Waals surface area contributed by atoms with Gasteiger partial charge in [-0.05, 0) is 18.0 Å². The van der Waals surface area contributed by atoms with Gasteiger partial charge >= 0.3 is 5.69 Å². The van der Waals surface area contributed by atoms with Crippen LogP contribution in [0.1, 0.15) is 0 Å². The maximum Gasteiger partial charge on any atom is 0.302 e. The Bertz CT molecular complexity index is 375. The monoisotopic (exact) mass is 209 g/mol. The van der Waals surface area contributed by atoms with Crippen molar-refractivity contribution in [2.75, 3.05) is 6.54 Å². The summed E-state index contributed by atoms with van der Waals surface area (Å²) in [5, 5.41) is 10.9. The van der Waals surface area contributed by atoms with Gasteiger partial charge < -0.3 is 0 Å². The third kappa shape index (κ3) is 2.73. The van der Waals surface area contributed by atoms with Crippen molar-refractivity contribution in [1.29, 1.82) is 0 Å². The molecule has 0 saturated heterocycles. The van der Waals surface area contributed by atoms with Gasteiger partial charge in [0.2, 0.25) is 0 Å². The summed E-state index contributed by atoms with van der Waals surface area (Å²) in [4.78, 5) is 13.9. The van der Waals surface area contributed by atoms with Crippen LogP contribution in [0.3, 0.4) is 0 Å². The van der Waals surface area contributed by atoms with Crippen LogP contribution in [0.25, 0.3) is 0 Å². The van der Waals surface area contributed by atoms with Crippen LogP contribution in [0.5, 0.6) is 0 Å². The zero-order valence-electron chi connectivity index (χ0n) is 7.14. The largest absolute Gasteiger partial charge is 0.302 e. The number of pyridine rings is 1. The molecule has 5 nitrogen and oxygen atoms in total. The van der Waals surface area contributed by atoms with E-state index in [1.807, 2.05) is 0 Å². The molecule has 1 rings (SSSR count). The molecule has 0 bridgehead atoms. The SMILES string of the molecule is C#CCNSc1ncccc1[N+](=O)[O-]. The van der Waals surface area contributed by atoms with Crippen LogP contribution in [0, 0.1) is 22.5 Å². The second-order valence-electron chi connectivity index (χ2n) is 2.21. The van der Waals surface area contributed by atoms with Crippen molar-refractivity contribution in [2.24, 2.45) is 0 Å². The molecular weight excluding hydrogens is 202 g/mol. The van der Waals surface area contributed by atoms with Crippen LogP contribution in [0.2, 0.25) is 0 Å². The molecule has 0 fully saturated rings. The number of nitro groups is 1. The van der Waals surface area contributed by atoms with Crippen molar-refractivity contribution in [2.45, 2.75) is 5.03 Å². The Morgan fingerprint density at radius 3 is 3.21 bits per heavy atom. The van der Waals surface area contributed by atoms with Gasteiger partial charge in [-0.2, -0.15) is 0 Å². The van der Waals surface area contributed by atoms with E-state index in [0.29, 0.717) is 11.6 Å². The molecule has 0 aromatic carbocycles. The summed E-state index contributed by atoms with van der Waals surface area (Å²) in [5.74, 6) is 2.36. The number of rotatable bonds is 4. The van der Waals surface area contributed by atoms with E-state index in [0.717, 1.165) is 11.9 Å². The zero-order valence-corrected chi connectivity index (χ0v) is 7.95. The van der Waals surface area contributed by atoms with Gasteiger partial charge in [-0.1, -0.05) is 5.92 Å². The Morgan fingerprint density at radius 2 is 2.57 bits per heavy atom. The molecule has 1 aromatic heterocycles. The molecule has 0 saturated carbocycles. The van der Waals surface area contributed by atoms with Gasteiger partial charge in [0.15, 0.2) is 5.03 Å². The van der Waals surface area contributed by atoms with E-state index in [1.54, 1.807) is 0 Å². The Labute approximate surface area is 85.2 Å². The third-order valence-electron chi connectivity index (χ3n) is 1.29. The quantitative estimate of drug-likeness (QED) is 0.265. The number of aromatic nitrogens is 1. The summed E-state index contributed by atoms with van der Waals surface area (Å²) in [6, 6.07) is 2.91. The Hall–Kier alpha value is -1.58. The number of hydrogen-bond acceptors (Lipinski definition) is 5. The Morgan fingerprint density at radius 1 is 1.79 bits per heavy atom. The molecule has 0 unspecified atom stereocenters. The van der Waals surface area contributed by atoms with E-state index in [4.69, 9.17) is 6.42 Å². The molecule has 0 spiro atoms. The molecule has 0 aliphatic rings. The first-order valence-electron chi connectivity index (χ1n) is 3.68. The predicted molar refractivity (Wildman–Crippen MR) is 53.6 cm³/mol. The standard InChI is InChI=1S/C8H7N3O2S/c1-2-5-10-14-8-7(11(12)13)4-3-6-9-8/h1,3-4,6,10H,5H2. The van der Waals surface area contributed by atoms with Gasteiger partial charge in [0, 0.05) is 12.3 Å². The molecule has 0 amide bonds. The van der Waals surface area contributed by atoms with Crippen molar-refractivity contribution in [1.82, 2.24) is 9.71 Å². The molecule has 0 aliphatic heterocycles. The molecule has 72 valence electrons. The van der Waals surface area contributed by atoms with Gasteiger partial charge in [-0.3, -0.25) is 10.1 Å². The van der Waals surface area contributed by atoms with E-state index in [9.17, 15) is 10.1 Å². The van der Waals surface area contributed by atoms with Crippen LogP contribution >= 0.6 is 11.9 Å². The number of nitrogens with zero attached hydrogens (tertiary/aromatic N) is 2. The first kappa shape index (κ1) is 10.5. The Kier molecular flexibility index (Phi) is 3.91. The second kappa shape index (κ2) is 5.21. The molecule has 1 aromatic rings. The van der Waals surface area contributed by atoms with Crippen LogP contribution in [-0.2, 0) is 0 Å². The van der Waals surface area contributed by atoms with E-state index in [1.165, 1.54) is 18.3 Å². The summed E-state index contributed by atoms with van der Waals surface area (Å²) >= 11 is 1.05. The second-order valence-corrected chi connectivity index (χ2v) is 3.09. The highest BCUT2D eigenvalue weighted by Gasteiger charge is 2.13. The number of hydrogen-bond donors (Lipinski definition) is 1. The molecule has 6 heteroatoms. The summed E-state index contributed by atoms with van der Waals surface area (Å²) in [6.45, 7) is 0.332. The van der Waals surface area contributed by atoms with Gasteiger partial charge in [0.05, 0.1) is 11.5 Å². The molecule has 1 N–H and O–H groups in total. The van der Waals surface area contributed by atoms with Crippen molar-refractivity contribution in [3.63, 3.8) is 0 Å². The normalized spacial score (nSPS) is 9.36. The molecule has 14 heavy (non-hydrogen) atoms. The minimum Gasteiger partial charge on any atom is -0.258 e. The molecule has 0 aliphatic carbocycles. The van der Waals surface area contributed by atoms with Crippen LogP contribution in [0.15, 0.2) is 23.4 Å². The smallest absolute Gasteiger partial charge is 0.258 e. The van der Waals surface area contributed by atoms with Crippen molar-refractivity contribution in [3.05, 3.63) is 28.4 Å². The van der Waals surface area contributed by atoms with Crippen molar-refractivity contribution < 1.29 is 4.92 Å². The summed E-state index contributed by atoms with van der Waals surface area (Å²) in [7, 11) is 0. The van der Waals surface area contributed by atoms with Crippen LogP contribution in [0.4, 0.5) is 5.69 Å². The maximum atomic E-state index is 10.5. The number of nitrogens with one attached hydrogen (secondary N) is 1. The molecule has 0 radical (unpaired) electrons. The highest BCUT2D eigenvalue weighted by Crippen LogP contribution is 2.23. The van der Waals surface area contributed by atoms with Gasteiger partial charge in [0.25, 0.3) is 0 Å². The van der Waals surface area contributed by atoms with E-state index in [2.05, 4.69) is 15.6 Å². The summed E-state index contributed by atoms with van der Waals surface area (Å²) in [6.07, 6.45) is 6.50. The lowest BCUT2D eigenvalue weighted by atomic mass is 10.4. The van der Waals surface area contributed by atoms with E-state index < -0.39 is 4.92 Å². The fourth-order valence-electron chi connectivity index (χ4n) is 0.746. The van der Waals surface area contributed by atoms with Crippen LogP contribution < -0.4 is 4.72 Å². The molecular formula is C8H7N3O2S. The molecule has 0 atom stereocenters. The first-order chi connectivity index (χ1) is 6.75. The average molecular weight is 209 g/mol. The lowest BCUT2D eigenvalue weighted by molar-refractivity contribution is -0.388. The maximum absolute atomic E-state index is 10.5. The average Bonchev–Trinajstić information content (AvgIpc) is 2.19. The van der Waals surface area contributed by atoms with Gasteiger partial charge in [-0.25, -0.2) is 9.71 Å². The van der Waals surface area contributed by atoms with Gasteiger partial charge in [-0.15, -0.1) is 6.42 Å². The fourth-order valence-corrected chi connectivity index (χ4v) is 1.40. The summed E-state index contributed by atoms with van der Waals surface area (Å²) in [5.41, 5.74) is -0.0259. The third-order valence-corrected chi connectivity index (χ3v) is 2.09. The summed E-state index contributed by atoms with van der Waals surface area (Å²) < 4.78 is 2.76. The van der Waals surface area contributed by atoms with Crippen molar-refractivity contribution in [3.8, 4) is 12.3 Å². The van der Waals surface area contributed by atoms with Crippen LogP contribution in [-0.4, -0.2) is 16.5 Å². The first-order valence-corrected chi connectivity index (χ1v) is 4.50. The topological polar surface area (TPSA) is 68.1 Å². The minimum absolute atomic E-state index is 0.0259. The minimum atomic E-state index is -0.479. The van der Waals surface area contributed by atoms with Crippen molar-refractivity contribution >= 4 is 17.6 Å². The van der Waals surface area contributed by atoms with Gasteiger partial charge in [0.1, 0.15) is 0 Å². The fraction of sp³-hybridized carbons (Fsp3) is 0.125.